The second kappa shape index (κ2) is 4.75. The standard InChI is InChI=1S/C10H13N5O2S/c1-15(6-10-12-7-13-14-10)18(16,17)9-5-3-2-4-8(9)11/h2-5,7H,6,11H2,1H3,(H,12,13,14). The Balaban J connectivity index is 2.29. The number of aromatic nitrogens is 3. The van der Waals surface area contributed by atoms with Crippen molar-refractivity contribution in [1.29, 1.82) is 0 Å². The number of hydrogen-bond donors (Lipinski definition) is 2. The quantitative estimate of drug-likeness (QED) is 0.770. The molecule has 0 aliphatic rings. The van der Waals surface area contributed by atoms with Crippen molar-refractivity contribution in [1.82, 2.24) is 19.5 Å². The van der Waals surface area contributed by atoms with Crippen LogP contribution in [0.25, 0.3) is 0 Å². The van der Waals surface area contributed by atoms with Gasteiger partial charge >= 0.3 is 0 Å². The van der Waals surface area contributed by atoms with Crippen molar-refractivity contribution in [3.63, 3.8) is 0 Å². The van der Waals surface area contributed by atoms with E-state index < -0.39 is 10.0 Å². The monoisotopic (exact) mass is 267 g/mol. The zero-order valence-corrected chi connectivity index (χ0v) is 10.6. The van der Waals surface area contributed by atoms with Gasteiger partial charge in [0.1, 0.15) is 17.0 Å². The highest BCUT2D eigenvalue weighted by Gasteiger charge is 2.23. The Morgan fingerprint density at radius 1 is 1.39 bits per heavy atom. The van der Waals surface area contributed by atoms with E-state index in [4.69, 9.17) is 5.73 Å². The Hall–Kier alpha value is -1.93. The molecule has 0 bridgehead atoms. The third kappa shape index (κ3) is 2.34. The van der Waals surface area contributed by atoms with E-state index in [1.807, 2.05) is 0 Å². The first-order valence-electron chi connectivity index (χ1n) is 5.17. The molecule has 0 aliphatic carbocycles. The van der Waals surface area contributed by atoms with Crippen LogP contribution in [0, 0.1) is 0 Å². The Bertz CT molecular complexity index is 623. The van der Waals surface area contributed by atoms with Crippen LogP contribution >= 0.6 is 0 Å². The van der Waals surface area contributed by atoms with Gasteiger partial charge in [0, 0.05) is 7.05 Å². The number of nitrogens with one attached hydrogen (secondary N) is 1. The Morgan fingerprint density at radius 3 is 2.72 bits per heavy atom. The molecule has 0 atom stereocenters. The number of benzene rings is 1. The van der Waals surface area contributed by atoms with Gasteiger partial charge < -0.3 is 5.73 Å². The van der Waals surface area contributed by atoms with Crippen LogP contribution in [0.2, 0.25) is 0 Å². The lowest BCUT2D eigenvalue weighted by Crippen LogP contribution is -2.27. The molecule has 2 aromatic rings. The molecule has 0 aliphatic heterocycles. The number of H-pyrrole nitrogens is 1. The molecule has 0 spiro atoms. The van der Waals surface area contributed by atoms with Crippen molar-refractivity contribution in [2.75, 3.05) is 12.8 Å². The molecule has 96 valence electrons. The normalized spacial score (nSPS) is 11.9. The number of rotatable bonds is 4. The molecule has 8 heteroatoms. The van der Waals surface area contributed by atoms with Gasteiger partial charge in [0.2, 0.25) is 10.0 Å². The summed E-state index contributed by atoms with van der Waals surface area (Å²) >= 11 is 0. The summed E-state index contributed by atoms with van der Waals surface area (Å²) in [6.07, 6.45) is 1.33. The maximum atomic E-state index is 12.3. The van der Waals surface area contributed by atoms with Gasteiger partial charge in [-0.25, -0.2) is 13.4 Å². The van der Waals surface area contributed by atoms with Crippen molar-refractivity contribution in [2.24, 2.45) is 0 Å². The molecule has 1 aromatic carbocycles. The van der Waals surface area contributed by atoms with E-state index in [0.29, 0.717) is 5.82 Å². The highest BCUT2D eigenvalue weighted by molar-refractivity contribution is 7.89. The summed E-state index contributed by atoms with van der Waals surface area (Å²) in [5.74, 6) is 0.468. The molecule has 0 saturated carbocycles. The molecular weight excluding hydrogens is 254 g/mol. The molecule has 2 rings (SSSR count). The highest BCUT2D eigenvalue weighted by Crippen LogP contribution is 2.21. The van der Waals surface area contributed by atoms with Gasteiger partial charge in [-0.15, -0.1) is 0 Å². The summed E-state index contributed by atoms with van der Waals surface area (Å²) in [5, 5.41) is 6.27. The van der Waals surface area contributed by atoms with Crippen LogP contribution in [-0.4, -0.2) is 35.0 Å². The van der Waals surface area contributed by atoms with Gasteiger partial charge in [-0.3, -0.25) is 5.10 Å². The van der Waals surface area contributed by atoms with E-state index in [1.165, 1.54) is 23.7 Å². The number of aromatic amines is 1. The van der Waals surface area contributed by atoms with Crippen molar-refractivity contribution in [3.8, 4) is 0 Å². The van der Waals surface area contributed by atoms with Crippen molar-refractivity contribution < 1.29 is 8.42 Å². The number of anilines is 1. The minimum atomic E-state index is -3.63. The van der Waals surface area contributed by atoms with Gasteiger partial charge in [-0.2, -0.15) is 9.40 Å². The molecule has 1 aromatic heterocycles. The second-order valence-corrected chi connectivity index (χ2v) is 5.74. The molecule has 0 radical (unpaired) electrons. The van der Waals surface area contributed by atoms with E-state index >= 15 is 0 Å². The predicted octanol–water partition coefficient (Wildman–Crippen LogP) is 0.208. The largest absolute Gasteiger partial charge is 0.398 e. The summed E-state index contributed by atoms with van der Waals surface area (Å²) in [6, 6.07) is 6.34. The average Bonchev–Trinajstić information content (AvgIpc) is 2.82. The van der Waals surface area contributed by atoms with Crippen LogP contribution in [0.5, 0.6) is 0 Å². The molecule has 0 saturated heterocycles. The van der Waals surface area contributed by atoms with Gasteiger partial charge in [0.15, 0.2) is 0 Å². The summed E-state index contributed by atoms with van der Waals surface area (Å²) < 4.78 is 25.7. The molecule has 1 heterocycles. The lowest BCUT2D eigenvalue weighted by atomic mass is 10.3. The third-order valence-electron chi connectivity index (χ3n) is 2.44. The first-order chi connectivity index (χ1) is 8.51. The van der Waals surface area contributed by atoms with Gasteiger partial charge in [0.05, 0.1) is 12.2 Å². The van der Waals surface area contributed by atoms with Crippen LogP contribution in [-0.2, 0) is 16.6 Å². The number of nitrogens with two attached hydrogens (primary N) is 1. The Kier molecular flexibility index (Phi) is 3.30. The fraction of sp³-hybridized carbons (Fsp3) is 0.200. The fourth-order valence-electron chi connectivity index (χ4n) is 1.49. The SMILES string of the molecule is CN(Cc1ncn[nH]1)S(=O)(=O)c1ccccc1N. The summed E-state index contributed by atoms with van der Waals surface area (Å²) in [6.45, 7) is 0.108. The van der Waals surface area contributed by atoms with Crippen LogP contribution in [0.15, 0.2) is 35.5 Å². The van der Waals surface area contributed by atoms with Gasteiger partial charge in [-0.05, 0) is 12.1 Å². The zero-order chi connectivity index (χ0) is 13.2. The van der Waals surface area contributed by atoms with E-state index in [-0.39, 0.29) is 17.1 Å². The van der Waals surface area contributed by atoms with Crippen LogP contribution in [0.3, 0.4) is 0 Å². The van der Waals surface area contributed by atoms with E-state index in [2.05, 4.69) is 15.2 Å². The Labute approximate surface area is 105 Å². The van der Waals surface area contributed by atoms with Gasteiger partial charge in [0.25, 0.3) is 0 Å². The van der Waals surface area contributed by atoms with Crippen molar-refractivity contribution >= 4 is 15.7 Å². The second-order valence-electron chi connectivity index (χ2n) is 3.73. The Morgan fingerprint density at radius 2 is 2.11 bits per heavy atom. The minimum absolute atomic E-state index is 0.0898. The van der Waals surface area contributed by atoms with E-state index in [0.717, 1.165) is 0 Å². The first kappa shape index (κ1) is 12.5. The summed E-state index contributed by atoms with van der Waals surface area (Å²) in [5.41, 5.74) is 5.90. The van der Waals surface area contributed by atoms with Crippen molar-refractivity contribution in [2.45, 2.75) is 11.4 Å². The minimum Gasteiger partial charge on any atom is -0.398 e. The lowest BCUT2D eigenvalue weighted by Gasteiger charge is -2.16. The molecule has 18 heavy (non-hydrogen) atoms. The molecule has 0 unspecified atom stereocenters. The lowest BCUT2D eigenvalue weighted by molar-refractivity contribution is 0.457. The number of nitrogen functional groups attached to an aromatic ring is 1. The maximum Gasteiger partial charge on any atom is 0.245 e. The first-order valence-corrected chi connectivity index (χ1v) is 6.61. The average molecular weight is 267 g/mol. The smallest absolute Gasteiger partial charge is 0.245 e. The number of hydrogen-bond acceptors (Lipinski definition) is 5. The van der Waals surface area contributed by atoms with Gasteiger partial charge in [-0.1, -0.05) is 12.1 Å². The number of nitrogens with zero attached hydrogens (tertiary/aromatic N) is 3. The van der Waals surface area contributed by atoms with Crippen LogP contribution in [0.4, 0.5) is 5.69 Å². The van der Waals surface area contributed by atoms with Crippen LogP contribution < -0.4 is 5.73 Å². The molecule has 0 fully saturated rings. The predicted molar refractivity (Wildman–Crippen MR) is 65.9 cm³/mol. The maximum absolute atomic E-state index is 12.3. The van der Waals surface area contributed by atoms with Crippen LogP contribution in [0.1, 0.15) is 5.82 Å². The third-order valence-corrected chi connectivity index (χ3v) is 4.32. The molecule has 3 N–H and O–H groups in total. The zero-order valence-electron chi connectivity index (χ0n) is 9.74. The van der Waals surface area contributed by atoms with E-state index in [9.17, 15) is 8.42 Å². The summed E-state index contributed by atoms with van der Waals surface area (Å²) in [4.78, 5) is 3.97. The number of sulfonamides is 1. The van der Waals surface area contributed by atoms with E-state index in [1.54, 1.807) is 18.2 Å². The fourth-order valence-corrected chi connectivity index (χ4v) is 2.73. The molecule has 0 amide bonds. The number of para-hydroxylation sites is 1. The topological polar surface area (TPSA) is 105 Å². The van der Waals surface area contributed by atoms with Crippen molar-refractivity contribution in [3.05, 3.63) is 36.4 Å². The molecular formula is C10H13N5O2S. The summed E-state index contributed by atoms with van der Waals surface area (Å²) in [7, 11) is -2.16. The highest BCUT2D eigenvalue weighted by atomic mass is 32.2. The molecule has 7 nitrogen and oxygen atoms in total.